The second-order valence-electron chi connectivity index (χ2n) is 8.80. The molecule has 0 N–H and O–H groups in total. The van der Waals surface area contributed by atoms with Crippen molar-refractivity contribution in [3.8, 4) is 28.7 Å². The normalized spacial score (nSPS) is 14.2. The molecule has 4 aromatic rings. The van der Waals surface area contributed by atoms with Gasteiger partial charge in [-0.05, 0) is 61.0 Å². The zero-order chi connectivity index (χ0) is 25.5. The molecule has 0 atom stereocenters. The van der Waals surface area contributed by atoms with Crippen LogP contribution < -0.4 is 24.4 Å². The number of rotatable bonds is 5. The highest BCUT2D eigenvalue weighted by atomic mass is 16.7. The highest BCUT2D eigenvalue weighted by Crippen LogP contribution is 2.36. The first kappa shape index (κ1) is 22.9. The van der Waals surface area contributed by atoms with Gasteiger partial charge >= 0.3 is 5.97 Å². The van der Waals surface area contributed by atoms with Gasteiger partial charge in [0.25, 0.3) is 0 Å². The SMILES string of the molecule is COC(=O)c1ccc(Oc2c(C)oc3c4c(ccc3c2=O)OCN(Cc2ccc3c(c2)OCO3)C4)cc1. The van der Waals surface area contributed by atoms with Crippen LogP contribution in [-0.4, -0.2) is 31.5 Å². The minimum Gasteiger partial charge on any atom is -0.478 e. The molecule has 0 bridgehead atoms. The molecule has 0 amide bonds. The zero-order valence-electron chi connectivity index (χ0n) is 20.2. The number of carbonyl (C=O) groups excluding carboxylic acids is 1. The molecule has 0 saturated heterocycles. The van der Waals surface area contributed by atoms with Crippen LogP contribution in [0.15, 0.2) is 63.8 Å². The van der Waals surface area contributed by atoms with E-state index in [1.165, 1.54) is 7.11 Å². The van der Waals surface area contributed by atoms with Gasteiger partial charge in [-0.3, -0.25) is 9.69 Å². The molecule has 0 radical (unpaired) electrons. The fourth-order valence-electron chi connectivity index (χ4n) is 4.51. The second-order valence-corrected chi connectivity index (χ2v) is 8.80. The number of hydrogen-bond donors (Lipinski definition) is 0. The van der Waals surface area contributed by atoms with Gasteiger partial charge in [0.05, 0.1) is 23.6 Å². The van der Waals surface area contributed by atoms with Crippen LogP contribution in [0.25, 0.3) is 11.0 Å². The number of esters is 1. The van der Waals surface area contributed by atoms with Crippen LogP contribution in [0.2, 0.25) is 0 Å². The summed E-state index contributed by atoms with van der Waals surface area (Å²) in [5.41, 5.74) is 2.44. The van der Waals surface area contributed by atoms with E-state index < -0.39 is 5.97 Å². The standard InChI is InChI=1S/C28H23NO8/c1-16-26(37-19-6-4-18(5-7-19)28(31)32-2)25(30)20-8-10-22-21(27(20)36-16)13-29(14-33-22)12-17-3-9-23-24(11-17)35-15-34-23/h3-11H,12-15H2,1-2H3. The van der Waals surface area contributed by atoms with E-state index in [0.717, 1.165) is 22.6 Å². The molecule has 1 aromatic heterocycles. The molecule has 37 heavy (non-hydrogen) atoms. The fourth-order valence-corrected chi connectivity index (χ4v) is 4.51. The summed E-state index contributed by atoms with van der Waals surface area (Å²) in [5, 5.41) is 0.402. The van der Waals surface area contributed by atoms with Gasteiger partial charge in [-0.15, -0.1) is 0 Å². The second kappa shape index (κ2) is 9.18. The molecule has 0 aliphatic carbocycles. The van der Waals surface area contributed by atoms with Crippen molar-refractivity contribution in [2.45, 2.75) is 20.0 Å². The Balaban J connectivity index is 1.28. The van der Waals surface area contributed by atoms with Crippen molar-refractivity contribution in [1.82, 2.24) is 4.90 Å². The number of aryl methyl sites for hydroxylation is 1. The van der Waals surface area contributed by atoms with Crippen LogP contribution in [0.4, 0.5) is 0 Å². The Labute approximate surface area is 211 Å². The first-order valence-corrected chi connectivity index (χ1v) is 11.7. The third kappa shape index (κ3) is 4.23. The van der Waals surface area contributed by atoms with Crippen molar-refractivity contribution < 1.29 is 32.9 Å². The molecule has 9 heteroatoms. The maximum atomic E-state index is 13.4. The minimum atomic E-state index is -0.451. The Kier molecular flexibility index (Phi) is 5.69. The molecule has 188 valence electrons. The van der Waals surface area contributed by atoms with Gasteiger partial charge in [-0.25, -0.2) is 4.79 Å². The predicted octanol–water partition coefficient (Wildman–Crippen LogP) is 4.76. The maximum absolute atomic E-state index is 13.4. The topological polar surface area (TPSA) is 96.7 Å². The van der Waals surface area contributed by atoms with Gasteiger partial charge in [0.15, 0.2) is 11.5 Å². The lowest BCUT2D eigenvalue weighted by Crippen LogP contribution is -2.31. The van der Waals surface area contributed by atoms with E-state index in [4.69, 9.17) is 28.1 Å². The lowest BCUT2D eigenvalue weighted by molar-refractivity contribution is 0.0600. The minimum absolute atomic E-state index is 0.0900. The molecule has 0 fully saturated rings. The number of carbonyl (C=O) groups is 1. The summed E-state index contributed by atoms with van der Waals surface area (Å²) >= 11 is 0. The number of ether oxygens (including phenoxy) is 5. The maximum Gasteiger partial charge on any atom is 0.337 e. The van der Waals surface area contributed by atoms with E-state index in [1.54, 1.807) is 43.3 Å². The van der Waals surface area contributed by atoms with Crippen molar-refractivity contribution in [3.05, 3.63) is 87.3 Å². The molecule has 9 nitrogen and oxygen atoms in total. The van der Waals surface area contributed by atoms with Crippen molar-refractivity contribution in [2.75, 3.05) is 20.6 Å². The highest BCUT2D eigenvalue weighted by molar-refractivity contribution is 5.89. The smallest absolute Gasteiger partial charge is 0.337 e. The van der Waals surface area contributed by atoms with Crippen LogP contribution in [0.1, 0.15) is 27.2 Å². The van der Waals surface area contributed by atoms with E-state index in [1.807, 2.05) is 18.2 Å². The molecule has 0 saturated carbocycles. The summed E-state index contributed by atoms with van der Waals surface area (Å²) in [5.74, 6) is 2.54. The Bertz CT molecular complexity index is 1570. The van der Waals surface area contributed by atoms with E-state index in [2.05, 4.69) is 4.90 Å². The predicted molar refractivity (Wildman–Crippen MR) is 132 cm³/mol. The largest absolute Gasteiger partial charge is 0.478 e. The molecule has 6 rings (SSSR count). The van der Waals surface area contributed by atoms with Gasteiger partial charge in [0.1, 0.15) is 29.6 Å². The highest BCUT2D eigenvalue weighted by Gasteiger charge is 2.25. The average Bonchev–Trinajstić information content (AvgIpc) is 3.39. The zero-order valence-corrected chi connectivity index (χ0v) is 20.2. The number of hydrogen-bond acceptors (Lipinski definition) is 9. The number of fused-ring (bicyclic) bond motifs is 4. The van der Waals surface area contributed by atoms with Gasteiger partial charge in [0.2, 0.25) is 18.0 Å². The summed E-state index contributed by atoms with van der Waals surface area (Å²) in [6, 6.07) is 15.7. The lowest BCUT2D eigenvalue weighted by Gasteiger charge is -2.29. The fraction of sp³-hybridized carbons (Fsp3) is 0.214. The van der Waals surface area contributed by atoms with Crippen molar-refractivity contribution in [3.63, 3.8) is 0 Å². The van der Waals surface area contributed by atoms with Crippen molar-refractivity contribution in [1.29, 1.82) is 0 Å². The summed E-state index contributed by atoms with van der Waals surface area (Å²) in [6.07, 6.45) is 0. The van der Waals surface area contributed by atoms with E-state index in [9.17, 15) is 9.59 Å². The molecular formula is C28H23NO8. The molecular weight excluding hydrogens is 478 g/mol. The van der Waals surface area contributed by atoms with E-state index in [-0.39, 0.29) is 18.0 Å². The average molecular weight is 501 g/mol. The number of methoxy groups -OCH3 is 1. The quantitative estimate of drug-likeness (QED) is 0.359. The summed E-state index contributed by atoms with van der Waals surface area (Å²) in [6.45, 7) is 3.48. The first-order chi connectivity index (χ1) is 18.0. The van der Waals surface area contributed by atoms with Crippen LogP contribution in [0.5, 0.6) is 28.7 Å². The Morgan fingerprint density at radius 1 is 0.973 bits per heavy atom. The van der Waals surface area contributed by atoms with Crippen molar-refractivity contribution >= 4 is 16.9 Å². The molecule has 3 heterocycles. The van der Waals surface area contributed by atoms with Gasteiger partial charge in [0, 0.05) is 13.1 Å². The van der Waals surface area contributed by atoms with Crippen LogP contribution in [0.3, 0.4) is 0 Å². The van der Waals surface area contributed by atoms with Crippen LogP contribution >= 0.6 is 0 Å². The van der Waals surface area contributed by atoms with Crippen LogP contribution in [-0.2, 0) is 17.8 Å². The monoisotopic (exact) mass is 501 g/mol. The third-order valence-corrected chi connectivity index (χ3v) is 6.37. The van der Waals surface area contributed by atoms with E-state index >= 15 is 0 Å². The Hall–Kier alpha value is -4.50. The third-order valence-electron chi connectivity index (χ3n) is 6.37. The lowest BCUT2D eigenvalue weighted by atomic mass is 10.1. The van der Waals surface area contributed by atoms with Gasteiger partial charge < -0.3 is 28.1 Å². The Morgan fingerprint density at radius 3 is 2.57 bits per heavy atom. The number of benzene rings is 3. The van der Waals surface area contributed by atoms with Crippen molar-refractivity contribution in [2.24, 2.45) is 0 Å². The Morgan fingerprint density at radius 2 is 1.76 bits per heavy atom. The van der Waals surface area contributed by atoms with Gasteiger partial charge in [-0.2, -0.15) is 0 Å². The van der Waals surface area contributed by atoms with Crippen LogP contribution in [0, 0.1) is 6.92 Å². The first-order valence-electron chi connectivity index (χ1n) is 11.7. The number of nitrogens with zero attached hydrogens (tertiary/aromatic N) is 1. The molecule has 2 aliphatic heterocycles. The summed E-state index contributed by atoms with van der Waals surface area (Å²) in [7, 11) is 1.32. The van der Waals surface area contributed by atoms with Gasteiger partial charge in [-0.1, -0.05) is 6.07 Å². The molecule has 2 aliphatic rings. The molecule has 0 unspecified atom stereocenters. The molecule has 0 spiro atoms. The summed E-state index contributed by atoms with van der Waals surface area (Å²) < 4.78 is 33.6. The molecule has 3 aromatic carbocycles. The van der Waals surface area contributed by atoms with E-state index in [0.29, 0.717) is 53.6 Å². The summed E-state index contributed by atoms with van der Waals surface area (Å²) in [4.78, 5) is 27.2.